The van der Waals surface area contributed by atoms with Crippen LogP contribution in [-0.4, -0.2) is 34.1 Å². The first kappa shape index (κ1) is 24.4. The highest BCUT2D eigenvalue weighted by atomic mass is 15.2. The van der Waals surface area contributed by atoms with Crippen molar-refractivity contribution in [1.29, 1.82) is 0 Å². The van der Waals surface area contributed by atoms with E-state index in [4.69, 9.17) is 24.9 Å². The van der Waals surface area contributed by atoms with Gasteiger partial charge in [-0.25, -0.2) is 19.9 Å². The molecule has 0 spiro atoms. The molecule has 0 saturated heterocycles. The van der Waals surface area contributed by atoms with E-state index >= 15 is 0 Å². The van der Waals surface area contributed by atoms with Crippen LogP contribution in [0.3, 0.4) is 0 Å². The number of hydrogen-bond donors (Lipinski definition) is 0. The molecule has 0 atom stereocenters. The molecule has 3 aromatic carbocycles. The lowest BCUT2D eigenvalue weighted by Gasteiger charge is -2.09. The Hall–Kier alpha value is -6.21. The van der Waals surface area contributed by atoms with E-state index in [-0.39, 0.29) is 0 Å². The van der Waals surface area contributed by atoms with Gasteiger partial charge in [0, 0.05) is 35.1 Å². The normalized spacial score (nSPS) is 11.6. The van der Waals surface area contributed by atoms with E-state index in [1.807, 2.05) is 89.8 Å². The molecule has 7 heteroatoms. The monoisotopic (exact) mass is 565 g/mol. The van der Waals surface area contributed by atoms with Gasteiger partial charge in [-0.05, 0) is 53.6 Å². The molecule has 0 saturated carbocycles. The summed E-state index contributed by atoms with van der Waals surface area (Å²) in [5.41, 5.74) is 9.97. The molecule has 0 bridgehead atoms. The van der Waals surface area contributed by atoms with Gasteiger partial charge in [-0.1, -0.05) is 78.9 Å². The van der Waals surface area contributed by atoms with E-state index in [0.29, 0.717) is 5.65 Å². The number of para-hydroxylation sites is 1. The molecular formula is C37H23N7. The topological polar surface area (TPSA) is 74.3 Å². The molecule has 9 rings (SSSR count). The number of nitrogens with zero attached hydrogens (tertiary/aromatic N) is 7. The summed E-state index contributed by atoms with van der Waals surface area (Å²) in [7, 11) is 0. The maximum atomic E-state index is 5.31. The Labute approximate surface area is 251 Å². The average molecular weight is 566 g/mol. The molecule has 6 heterocycles. The van der Waals surface area contributed by atoms with Crippen molar-refractivity contribution in [1.82, 2.24) is 34.1 Å². The van der Waals surface area contributed by atoms with Crippen molar-refractivity contribution < 1.29 is 0 Å². The Bertz CT molecular complexity index is 2290. The summed E-state index contributed by atoms with van der Waals surface area (Å²) < 4.78 is 4.14. The van der Waals surface area contributed by atoms with E-state index in [1.165, 1.54) is 0 Å². The number of fused-ring (bicyclic) bond motifs is 6. The fraction of sp³-hybridized carbons (Fsp3) is 0. The van der Waals surface area contributed by atoms with Gasteiger partial charge in [0.15, 0.2) is 11.3 Å². The Morgan fingerprint density at radius 3 is 1.59 bits per heavy atom. The zero-order valence-electron chi connectivity index (χ0n) is 23.4. The highest BCUT2D eigenvalue weighted by molar-refractivity contribution is 6.11. The van der Waals surface area contributed by atoms with Crippen LogP contribution in [0.25, 0.3) is 78.2 Å². The first-order valence-electron chi connectivity index (χ1n) is 14.4. The minimum Gasteiger partial charge on any atom is -0.276 e. The van der Waals surface area contributed by atoms with Crippen LogP contribution in [0.5, 0.6) is 0 Å². The van der Waals surface area contributed by atoms with Crippen molar-refractivity contribution in [2.45, 2.75) is 0 Å². The maximum Gasteiger partial charge on any atom is 0.169 e. The van der Waals surface area contributed by atoms with Gasteiger partial charge in [0.1, 0.15) is 28.2 Å². The predicted molar refractivity (Wildman–Crippen MR) is 175 cm³/mol. The van der Waals surface area contributed by atoms with E-state index in [1.54, 1.807) is 6.20 Å². The SMILES string of the molecule is c1ccc(-c2ccc(-n3c4ccccc4c4nc5c6ncccc6n(-c6ccc(-c7ccccc7)cn6)c5nc43)nc2)cc1. The molecule has 7 nitrogen and oxygen atoms in total. The van der Waals surface area contributed by atoms with Gasteiger partial charge in [-0.2, -0.15) is 0 Å². The second kappa shape index (κ2) is 9.68. The molecule has 44 heavy (non-hydrogen) atoms. The molecule has 9 aromatic rings. The highest BCUT2D eigenvalue weighted by Crippen LogP contribution is 2.35. The van der Waals surface area contributed by atoms with Crippen molar-refractivity contribution in [2.75, 3.05) is 0 Å². The van der Waals surface area contributed by atoms with Gasteiger partial charge < -0.3 is 0 Å². The third kappa shape index (κ3) is 3.73. The predicted octanol–water partition coefficient (Wildman–Crippen LogP) is 8.19. The summed E-state index contributed by atoms with van der Waals surface area (Å²) in [5.74, 6) is 1.52. The second-order valence-electron chi connectivity index (χ2n) is 10.7. The summed E-state index contributed by atoms with van der Waals surface area (Å²) in [5, 5.41) is 1.01. The summed E-state index contributed by atoms with van der Waals surface area (Å²) >= 11 is 0. The average Bonchev–Trinajstić information content (AvgIpc) is 3.60. The van der Waals surface area contributed by atoms with Crippen LogP contribution in [0.15, 0.2) is 140 Å². The highest BCUT2D eigenvalue weighted by Gasteiger charge is 2.22. The van der Waals surface area contributed by atoms with Crippen LogP contribution in [0.2, 0.25) is 0 Å². The summed E-state index contributed by atoms with van der Waals surface area (Å²) in [6.07, 6.45) is 5.61. The lowest BCUT2D eigenvalue weighted by atomic mass is 10.1. The zero-order valence-corrected chi connectivity index (χ0v) is 23.4. The van der Waals surface area contributed by atoms with E-state index in [0.717, 1.165) is 72.5 Å². The summed E-state index contributed by atoms with van der Waals surface area (Å²) in [4.78, 5) is 25.1. The van der Waals surface area contributed by atoms with Crippen LogP contribution in [0, 0.1) is 0 Å². The van der Waals surface area contributed by atoms with Crippen molar-refractivity contribution in [3.8, 4) is 33.9 Å². The Morgan fingerprint density at radius 1 is 0.386 bits per heavy atom. The van der Waals surface area contributed by atoms with Gasteiger partial charge in [-0.15, -0.1) is 0 Å². The van der Waals surface area contributed by atoms with Crippen LogP contribution < -0.4 is 0 Å². The first-order chi connectivity index (χ1) is 21.8. The maximum absolute atomic E-state index is 5.31. The Kier molecular flexibility index (Phi) is 5.36. The Balaban J connectivity index is 1.29. The molecule has 0 radical (unpaired) electrons. The van der Waals surface area contributed by atoms with E-state index < -0.39 is 0 Å². The zero-order chi connectivity index (χ0) is 29.0. The quantitative estimate of drug-likeness (QED) is 0.215. The number of pyridine rings is 3. The molecular weight excluding hydrogens is 542 g/mol. The van der Waals surface area contributed by atoms with Crippen LogP contribution in [-0.2, 0) is 0 Å². The van der Waals surface area contributed by atoms with Crippen molar-refractivity contribution in [2.24, 2.45) is 0 Å². The first-order valence-corrected chi connectivity index (χ1v) is 14.4. The number of rotatable bonds is 4. The third-order valence-electron chi connectivity index (χ3n) is 8.10. The molecule has 0 aliphatic heterocycles. The molecule has 0 aliphatic carbocycles. The molecule has 0 amide bonds. The van der Waals surface area contributed by atoms with Gasteiger partial charge >= 0.3 is 0 Å². The molecule has 0 N–H and O–H groups in total. The lowest BCUT2D eigenvalue weighted by Crippen LogP contribution is -2.02. The van der Waals surface area contributed by atoms with Crippen LogP contribution >= 0.6 is 0 Å². The molecule has 206 valence electrons. The molecule has 0 unspecified atom stereocenters. The minimum absolute atomic E-state index is 0.691. The fourth-order valence-electron chi connectivity index (χ4n) is 6.03. The largest absolute Gasteiger partial charge is 0.276 e. The molecule has 0 fully saturated rings. The van der Waals surface area contributed by atoms with E-state index in [9.17, 15) is 0 Å². The van der Waals surface area contributed by atoms with Gasteiger partial charge in [0.05, 0.1) is 11.0 Å². The number of aromatic nitrogens is 7. The standard InChI is InChI=1S/C37H23N7/c1-3-10-24(11-4-1)26-17-19-31(39-22-26)43-29-15-8-7-14-28(29)33-36(43)42-37-35(41-33)34-30(16-9-21-38-34)44(37)32-20-18-27(23-40-32)25-12-5-2-6-13-25/h1-23H. The lowest BCUT2D eigenvalue weighted by molar-refractivity contribution is 1.03. The number of benzene rings is 3. The van der Waals surface area contributed by atoms with Crippen molar-refractivity contribution in [3.63, 3.8) is 0 Å². The smallest absolute Gasteiger partial charge is 0.169 e. The van der Waals surface area contributed by atoms with Crippen LogP contribution in [0.1, 0.15) is 0 Å². The van der Waals surface area contributed by atoms with Gasteiger partial charge in [0.2, 0.25) is 0 Å². The number of hydrogen-bond acceptors (Lipinski definition) is 5. The summed E-state index contributed by atoms with van der Waals surface area (Å²) in [6, 6.07) is 41.0. The van der Waals surface area contributed by atoms with Crippen molar-refractivity contribution >= 4 is 44.3 Å². The minimum atomic E-state index is 0.691. The second-order valence-corrected chi connectivity index (χ2v) is 10.7. The van der Waals surface area contributed by atoms with Gasteiger partial charge in [-0.3, -0.25) is 14.1 Å². The van der Waals surface area contributed by atoms with Crippen molar-refractivity contribution in [3.05, 3.63) is 140 Å². The molecule has 6 aromatic heterocycles. The fourth-order valence-corrected chi connectivity index (χ4v) is 6.03. The van der Waals surface area contributed by atoms with Crippen LogP contribution in [0.4, 0.5) is 0 Å². The third-order valence-corrected chi connectivity index (χ3v) is 8.10. The van der Waals surface area contributed by atoms with Gasteiger partial charge in [0.25, 0.3) is 0 Å². The van der Waals surface area contributed by atoms with E-state index in [2.05, 4.69) is 53.1 Å². The molecule has 0 aliphatic rings. The Morgan fingerprint density at radius 2 is 0.955 bits per heavy atom. The summed E-state index contributed by atoms with van der Waals surface area (Å²) in [6.45, 7) is 0.